The maximum Gasteiger partial charge on any atom is 0.260 e. The largest absolute Gasteiger partial charge is 0.492 e. The summed E-state index contributed by atoms with van der Waals surface area (Å²) in [4.78, 5) is 15.0. The van der Waals surface area contributed by atoms with Crippen molar-refractivity contribution in [1.82, 2.24) is 4.90 Å². The number of nitrogens with one attached hydrogen (secondary N) is 1. The average Bonchev–Trinajstić information content (AvgIpc) is 3.20. The van der Waals surface area contributed by atoms with Crippen LogP contribution in [-0.4, -0.2) is 50.3 Å². The molecule has 1 amide bonds. The maximum atomic E-state index is 13.9. The highest BCUT2D eigenvalue weighted by molar-refractivity contribution is 6.36. The molecule has 0 aliphatic carbocycles. The fraction of sp³-hybridized carbons (Fsp3) is 0.375. The predicted octanol–water partition coefficient (Wildman–Crippen LogP) is 3.62. The molecule has 3 aliphatic rings. The normalized spacial score (nSPS) is 22.0. The van der Waals surface area contributed by atoms with Crippen LogP contribution in [0.2, 0.25) is 0 Å². The number of halogens is 1. The lowest BCUT2D eigenvalue weighted by atomic mass is 9.94. The number of ether oxygens (including phenoxy) is 3. The number of hydrogen-bond acceptors (Lipinski definition) is 5. The first kappa shape index (κ1) is 20.0. The van der Waals surface area contributed by atoms with E-state index in [0.29, 0.717) is 29.2 Å². The Labute approximate surface area is 180 Å². The van der Waals surface area contributed by atoms with Crippen molar-refractivity contribution in [3.8, 4) is 5.75 Å². The Balaban J connectivity index is 1.43. The van der Waals surface area contributed by atoms with Crippen molar-refractivity contribution in [1.29, 1.82) is 0 Å². The SMILES string of the molecule is CC1(C)O/C(=C2/C(=O)Nc3ccc(F)cc32)c2ccc(OCCN3CCOCC3)cc21. The number of carbonyl (C=O) groups is 1. The number of hydrogen-bond donors (Lipinski definition) is 1. The minimum absolute atomic E-state index is 0.287. The first-order chi connectivity index (χ1) is 14.9. The summed E-state index contributed by atoms with van der Waals surface area (Å²) in [5.74, 6) is 0.555. The van der Waals surface area contributed by atoms with Crippen molar-refractivity contribution in [2.75, 3.05) is 44.8 Å². The summed E-state index contributed by atoms with van der Waals surface area (Å²) in [6.45, 7) is 8.73. The molecule has 0 saturated carbocycles. The van der Waals surface area contributed by atoms with Crippen LogP contribution in [0, 0.1) is 5.82 Å². The summed E-state index contributed by atoms with van der Waals surface area (Å²) in [5, 5.41) is 2.80. The van der Waals surface area contributed by atoms with Gasteiger partial charge in [0.05, 0.1) is 18.8 Å². The molecule has 3 aliphatic heterocycles. The molecule has 162 valence electrons. The molecule has 0 radical (unpaired) electrons. The molecule has 0 bridgehead atoms. The van der Waals surface area contributed by atoms with Crippen LogP contribution in [-0.2, 0) is 19.9 Å². The van der Waals surface area contributed by atoms with E-state index in [1.54, 1.807) is 6.07 Å². The summed E-state index contributed by atoms with van der Waals surface area (Å²) in [6, 6.07) is 10.1. The van der Waals surface area contributed by atoms with Crippen LogP contribution in [0.25, 0.3) is 11.3 Å². The summed E-state index contributed by atoms with van der Waals surface area (Å²) in [5.41, 5.74) is 2.60. The van der Waals surface area contributed by atoms with Gasteiger partial charge in [0.15, 0.2) is 0 Å². The molecule has 1 N–H and O–H groups in total. The third-order valence-corrected chi connectivity index (χ3v) is 5.97. The van der Waals surface area contributed by atoms with Gasteiger partial charge in [-0.15, -0.1) is 0 Å². The van der Waals surface area contributed by atoms with Gasteiger partial charge in [0.2, 0.25) is 0 Å². The van der Waals surface area contributed by atoms with E-state index in [1.165, 1.54) is 12.1 Å². The molecular weight excluding hydrogens is 399 g/mol. The highest BCUT2D eigenvalue weighted by Gasteiger charge is 2.40. The third-order valence-electron chi connectivity index (χ3n) is 5.97. The van der Waals surface area contributed by atoms with Crippen LogP contribution >= 0.6 is 0 Å². The zero-order valence-corrected chi connectivity index (χ0v) is 17.7. The van der Waals surface area contributed by atoms with Gasteiger partial charge in [-0.25, -0.2) is 4.39 Å². The molecule has 7 heteroatoms. The molecule has 2 aromatic rings. The molecule has 1 saturated heterocycles. The first-order valence-corrected chi connectivity index (χ1v) is 10.5. The van der Waals surface area contributed by atoms with Crippen LogP contribution in [0.1, 0.15) is 30.5 Å². The molecule has 6 nitrogen and oxygen atoms in total. The Bertz CT molecular complexity index is 1070. The number of nitrogens with zero attached hydrogens (tertiary/aromatic N) is 1. The molecule has 2 aromatic carbocycles. The van der Waals surface area contributed by atoms with Gasteiger partial charge < -0.3 is 19.5 Å². The average molecular weight is 424 g/mol. The summed E-state index contributed by atoms with van der Waals surface area (Å²) < 4.78 is 31.5. The van der Waals surface area contributed by atoms with Crippen LogP contribution in [0.15, 0.2) is 36.4 Å². The molecule has 0 atom stereocenters. The first-order valence-electron chi connectivity index (χ1n) is 10.5. The second kappa shape index (κ2) is 7.66. The summed E-state index contributed by atoms with van der Waals surface area (Å²) in [6.07, 6.45) is 0. The quantitative estimate of drug-likeness (QED) is 0.760. The molecular formula is C24H25FN2O4. The zero-order chi connectivity index (χ0) is 21.6. The van der Waals surface area contributed by atoms with Crippen molar-refractivity contribution < 1.29 is 23.4 Å². The van der Waals surface area contributed by atoms with Crippen molar-refractivity contribution in [3.63, 3.8) is 0 Å². The molecule has 1 fully saturated rings. The lowest BCUT2D eigenvalue weighted by Crippen LogP contribution is -2.38. The Morgan fingerprint density at radius 1 is 1.13 bits per heavy atom. The van der Waals surface area contributed by atoms with Crippen molar-refractivity contribution in [2.24, 2.45) is 0 Å². The Hall–Kier alpha value is -2.90. The number of morpholine rings is 1. The number of carbonyl (C=O) groups excluding carboxylic acids is 1. The van der Waals surface area contributed by atoms with E-state index in [9.17, 15) is 9.18 Å². The highest BCUT2D eigenvalue weighted by atomic mass is 19.1. The lowest BCUT2D eigenvalue weighted by Gasteiger charge is -2.26. The van der Waals surface area contributed by atoms with Gasteiger partial charge in [-0.2, -0.15) is 0 Å². The Morgan fingerprint density at radius 3 is 2.74 bits per heavy atom. The fourth-order valence-corrected chi connectivity index (χ4v) is 4.34. The van der Waals surface area contributed by atoms with Crippen molar-refractivity contribution >= 4 is 22.9 Å². The van der Waals surface area contributed by atoms with Crippen LogP contribution in [0.4, 0.5) is 10.1 Å². The molecule has 31 heavy (non-hydrogen) atoms. The van der Waals surface area contributed by atoms with Crippen LogP contribution in [0.3, 0.4) is 0 Å². The molecule has 0 unspecified atom stereocenters. The van der Waals surface area contributed by atoms with Crippen molar-refractivity contribution in [3.05, 3.63) is 58.9 Å². The topological polar surface area (TPSA) is 60.0 Å². The van der Waals surface area contributed by atoms with Crippen LogP contribution < -0.4 is 10.1 Å². The van der Waals surface area contributed by atoms with E-state index in [1.807, 2.05) is 32.0 Å². The number of rotatable bonds is 4. The van der Waals surface area contributed by atoms with E-state index in [2.05, 4.69) is 10.2 Å². The Kier molecular flexibility index (Phi) is 4.95. The second-order valence-electron chi connectivity index (χ2n) is 8.47. The lowest BCUT2D eigenvalue weighted by molar-refractivity contribution is -0.110. The van der Waals surface area contributed by atoms with Gasteiger partial charge in [-0.3, -0.25) is 9.69 Å². The minimum Gasteiger partial charge on any atom is -0.492 e. The van der Waals surface area contributed by atoms with E-state index < -0.39 is 11.4 Å². The van der Waals surface area contributed by atoms with Crippen LogP contribution in [0.5, 0.6) is 5.75 Å². The monoisotopic (exact) mass is 424 g/mol. The number of anilines is 1. The van der Waals surface area contributed by atoms with Crippen molar-refractivity contribution in [2.45, 2.75) is 19.4 Å². The highest BCUT2D eigenvalue weighted by Crippen LogP contribution is 2.49. The minimum atomic E-state index is -0.641. The smallest absolute Gasteiger partial charge is 0.260 e. The van der Waals surface area contributed by atoms with Gasteiger partial charge in [-0.1, -0.05) is 0 Å². The van der Waals surface area contributed by atoms with Gasteiger partial charge in [0, 0.05) is 42.0 Å². The maximum absolute atomic E-state index is 13.9. The van der Waals surface area contributed by atoms with Gasteiger partial charge >= 0.3 is 0 Å². The number of fused-ring (bicyclic) bond motifs is 2. The summed E-state index contributed by atoms with van der Waals surface area (Å²) in [7, 11) is 0. The Morgan fingerprint density at radius 2 is 1.94 bits per heavy atom. The van der Waals surface area contributed by atoms with E-state index in [0.717, 1.165) is 49.7 Å². The molecule has 5 rings (SSSR count). The standard InChI is InChI=1S/C24H25FN2O4/c1-24(2)19-14-16(30-12-9-27-7-10-29-11-8-27)4-5-17(19)22(31-24)21-18-13-15(25)3-6-20(18)26-23(21)28/h3-6,13-14H,7-12H2,1-2H3,(H,26,28)/b22-21+. The second-order valence-corrected chi connectivity index (χ2v) is 8.47. The fourth-order valence-electron chi connectivity index (χ4n) is 4.34. The number of benzene rings is 2. The third kappa shape index (κ3) is 3.68. The van der Waals surface area contributed by atoms with E-state index in [4.69, 9.17) is 14.2 Å². The summed E-state index contributed by atoms with van der Waals surface area (Å²) >= 11 is 0. The molecule has 0 aromatic heterocycles. The predicted molar refractivity (Wildman–Crippen MR) is 115 cm³/mol. The zero-order valence-electron chi connectivity index (χ0n) is 17.7. The number of amides is 1. The van der Waals surface area contributed by atoms with Gasteiger partial charge in [0.25, 0.3) is 5.91 Å². The van der Waals surface area contributed by atoms with Gasteiger partial charge in [-0.05, 0) is 50.2 Å². The van der Waals surface area contributed by atoms with E-state index in [-0.39, 0.29) is 5.91 Å². The molecule has 0 spiro atoms. The van der Waals surface area contributed by atoms with Gasteiger partial charge in [0.1, 0.15) is 29.5 Å². The molecule has 3 heterocycles. The van der Waals surface area contributed by atoms with E-state index >= 15 is 0 Å².